The highest BCUT2D eigenvalue weighted by Gasteiger charge is 2.18. The summed E-state index contributed by atoms with van der Waals surface area (Å²) in [5.74, 6) is 0.267. The van der Waals surface area contributed by atoms with Gasteiger partial charge < -0.3 is 5.32 Å². The van der Waals surface area contributed by atoms with Crippen molar-refractivity contribution in [2.45, 2.75) is 32.9 Å². The molecule has 0 aliphatic rings. The summed E-state index contributed by atoms with van der Waals surface area (Å²) in [6.07, 6.45) is 0. The Balaban J connectivity index is 2.14. The summed E-state index contributed by atoms with van der Waals surface area (Å²) in [6.45, 7) is 6.53. The Bertz CT molecular complexity index is 490. The van der Waals surface area contributed by atoms with E-state index in [2.05, 4.69) is 42.9 Å². The van der Waals surface area contributed by atoms with Gasteiger partial charge in [-0.15, -0.1) is 0 Å². The van der Waals surface area contributed by atoms with Crippen LogP contribution in [0.25, 0.3) is 0 Å². The molecule has 0 radical (unpaired) electrons. The van der Waals surface area contributed by atoms with Crippen LogP contribution in [0.2, 0.25) is 0 Å². The summed E-state index contributed by atoms with van der Waals surface area (Å²) in [6, 6.07) is 9.47. The van der Waals surface area contributed by atoms with E-state index in [0.717, 1.165) is 5.56 Å². The van der Waals surface area contributed by atoms with Gasteiger partial charge in [-0.3, -0.25) is 0 Å². The van der Waals surface area contributed by atoms with Crippen LogP contribution >= 0.6 is 11.3 Å². The van der Waals surface area contributed by atoms with E-state index in [9.17, 15) is 4.39 Å². The number of rotatable bonds is 5. The fraction of sp³-hybridized carbons (Fsp3) is 0.375. The van der Waals surface area contributed by atoms with E-state index in [1.165, 1.54) is 17.7 Å². The summed E-state index contributed by atoms with van der Waals surface area (Å²) in [4.78, 5) is 0. The molecule has 0 amide bonds. The van der Waals surface area contributed by atoms with E-state index in [-0.39, 0.29) is 11.9 Å². The minimum Gasteiger partial charge on any atom is -0.303 e. The van der Waals surface area contributed by atoms with Crippen molar-refractivity contribution in [3.05, 3.63) is 58.0 Å². The normalized spacial score (nSPS) is 14.6. The molecule has 1 heterocycles. The van der Waals surface area contributed by atoms with Gasteiger partial charge in [0.2, 0.25) is 0 Å². The first-order chi connectivity index (χ1) is 9.08. The Labute approximate surface area is 118 Å². The average Bonchev–Trinajstić information content (AvgIpc) is 2.90. The Morgan fingerprint density at radius 2 is 1.68 bits per heavy atom. The van der Waals surface area contributed by atoms with E-state index in [1.807, 2.05) is 12.1 Å². The summed E-state index contributed by atoms with van der Waals surface area (Å²) in [5, 5.41) is 7.90. The van der Waals surface area contributed by atoms with Gasteiger partial charge in [0, 0.05) is 12.1 Å². The first-order valence-electron chi connectivity index (χ1n) is 6.61. The molecule has 1 N–H and O–H groups in total. The Morgan fingerprint density at radius 1 is 1.00 bits per heavy atom. The lowest BCUT2D eigenvalue weighted by molar-refractivity contribution is 0.374. The third kappa shape index (κ3) is 3.64. The molecule has 1 aromatic carbocycles. The van der Waals surface area contributed by atoms with Crippen molar-refractivity contribution in [2.24, 2.45) is 5.92 Å². The maximum Gasteiger partial charge on any atom is 0.123 e. The van der Waals surface area contributed by atoms with Crippen molar-refractivity contribution < 1.29 is 4.39 Å². The molecule has 1 nitrogen and oxygen atoms in total. The fourth-order valence-electron chi connectivity index (χ4n) is 2.23. The zero-order valence-corrected chi connectivity index (χ0v) is 12.4. The van der Waals surface area contributed by atoms with Crippen LogP contribution in [0.4, 0.5) is 4.39 Å². The summed E-state index contributed by atoms with van der Waals surface area (Å²) >= 11 is 1.71. The SMILES string of the molecule is CC(NC(c1ccc(F)cc1)C(C)C)c1ccsc1. The topological polar surface area (TPSA) is 12.0 Å². The van der Waals surface area contributed by atoms with Crippen LogP contribution in [0, 0.1) is 11.7 Å². The third-order valence-corrected chi connectivity index (χ3v) is 4.07. The molecule has 0 aliphatic heterocycles. The standard InChI is InChI=1S/C16H20FNS/c1-11(2)16(13-4-6-15(17)7-5-13)18-12(3)14-8-9-19-10-14/h4-12,16,18H,1-3H3. The Morgan fingerprint density at radius 3 is 2.21 bits per heavy atom. The lowest BCUT2D eigenvalue weighted by Crippen LogP contribution is -2.28. The second-order valence-electron chi connectivity index (χ2n) is 5.22. The van der Waals surface area contributed by atoms with Gasteiger partial charge in [0.15, 0.2) is 0 Å². The summed E-state index contributed by atoms with van der Waals surface area (Å²) in [5.41, 5.74) is 2.44. The number of benzene rings is 1. The predicted molar refractivity (Wildman–Crippen MR) is 79.8 cm³/mol. The van der Waals surface area contributed by atoms with Gasteiger partial charge in [-0.2, -0.15) is 11.3 Å². The molecule has 1 aromatic heterocycles. The van der Waals surface area contributed by atoms with Crippen LogP contribution in [0.5, 0.6) is 0 Å². The van der Waals surface area contributed by atoms with E-state index in [1.54, 1.807) is 11.3 Å². The smallest absolute Gasteiger partial charge is 0.123 e. The second kappa shape index (κ2) is 6.31. The number of thiophene rings is 1. The maximum absolute atomic E-state index is 13.0. The quantitative estimate of drug-likeness (QED) is 0.816. The lowest BCUT2D eigenvalue weighted by Gasteiger charge is -2.26. The van der Waals surface area contributed by atoms with Gasteiger partial charge >= 0.3 is 0 Å². The predicted octanol–water partition coefficient (Wildman–Crippen LogP) is 4.94. The van der Waals surface area contributed by atoms with Gasteiger partial charge in [0.05, 0.1) is 0 Å². The highest BCUT2D eigenvalue weighted by atomic mass is 32.1. The average molecular weight is 277 g/mol. The Kier molecular flexibility index (Phi) is 4.72. The van der Waals surface area contributed by atoms with E-state index >= 15 is 0 Å². The minimum absolute atomic E-state index is 0.183. The van der Waals surface area contributed by atoms with E-state index in [4.69, 9.17) is 0 Å². The molecule has 2 atom stereocenters. The van der Waals surface area contributed by atoms with Crippen molar-refractivity contribution >= 4 is 11.3 Å². The molecule has 0 aliphatic carbocycles. The summed E-state index contributed by atoms with van der Waals surface area (Å²) in [7, 11) is 0. The molecule has 0 saturated heterocycles. The molecule has 3 heteroatoms. The van der Waals surface area contributed by atoms with Crippen molar-refractivity contribution in [3.8, 4) is 0 Å². The van der Waals surface area contributed by atoms with Gasteiger partial charge in [0.25, 0.3) is 0 Å². The van der Waals surface area contributed by atoms with Crippen molar-refractivity contribution in [1.29, 1.82) is 0 Å². The number of nitrogens with one attached hydrogen (secondary N) is 1. The monoisotopic (exact) mass is 277 g/mol. The molecule has 0 bridgehead atoms. The van der Waals surface area contributed by atoms with Gasteiger partial charge in [-0.05, 0) is 52.9 Å². The zero-order valence-electron chi connectivity index (χ0n) is 11.6. The van der Waals surface area contributed by atoms with E-state index < -0.39 is 0 Å². The van der Waals surface area contributed by atoms with Crippen LogP contribution in [0.15, 0.2) is 41.1 Å². The number of hydrogen-bond donors (Lipinski definition) is 1. The van der Waals surface area contributed by atoms with Crippen molar-refractivity contribution in [2.75, 3.05) is 0 Å². The molecule has 0 saturated carbocycles. The van der Waals surface area contributed by atoms with Gasteiger partial charge in [-0.1, -0.05) is 26.0 Å². The highest BCUT2D eigenvalue weighted by Crippen LogP contribution is 2.26. The minimum atomic E-state index is -0.183. The largest absolute Gasteiger partial charge is 0.303 e. The molecular formula is C16H20FNS. The molecule has 0 fully saturated rings. The van der Waals surface area contributed by atoms with Crippen LogP contribution in [-0.2, 0) is 0 Å². The molecule has 19 heavy (non-hydrogen) atoms. The lowest BCUT2D eigenvalue weighted by atomic mass is 9.94. The number of halogens is 1. The van der Waals surface area contributed by atoms with Crippen LogP contribution in [0.1, 0.15) is 44.0 Å². The van der Waals surface area contributed by atoms with Crippen molar-refractivity contribution in [1.82, 2.24) is 5.32 Å². The zero-order chi connectivity index (χ0) is 13.8. The molecule has 2 rings (SSSR count). The molecule has 0 spiro atoms. The first-order valence-corrected chi connectivity index (χ1v) is 7.56. The fourth-order valence-corrected chi connectivity index (χ4v) is 2.98. The molecular weight excluding hydrogens is 257 g/mol. The maximum atomic E-state index is 13.0. The van der Waals surface area contributed by atoms with Crippen molar-refractivity contribution in [3.63, 3.8) is 0 Å². The Hall–Kier alpha value is -1.19. The molecule has 102 valence electrons. The van der Waals surface area contributed by atoms with Crippen LogP contribution in [-0.4, -0.2) is 0 Å². The summed E-state index contributed by atoms with van der Waals surface area (Å²) < 4.78 is 13.0. The first kappa shape index (κ1) is 14.2. The molecule has 2 unspecified atom stereocenters. The van der Waals surface area contributed by atoms with E-state index in [0.29, 0.717) is 12.0 Å². The molecule has 2 aromatic rings. The highest BCUT2D eigenvalue weighted by molar-refractivity contribution is 7.07. The second-order valence-corrected chi connectivity index (χ2v) is 6.00. The van der Waals surface area contributed by atoms with Gasteiger partial charge in [0.1, 0.15) is 5.82 Å². The third-order valence-electron chi connectivity index (χ3n) is 3.37. The van der Waals surface area contributed by atoms with Gasteiger partial charge in [-0.25, -0.2) is 4.39 Å². The van der Waals surface area contributed by atoms with Crippen LogP contribution < -0.4 is 5.32 Å². The number of hydrogen-bond acceptors (Lipinski definition) is 2. The van der Waals surface area contributed by atoms with Crippen LogP contribution in [0.3, 0.4) is 0 Å².